The molecule has 0 radical (unpaired) electrons. The zero-order chi connectivity index (χ0) is 26.3. The smallest absolute Gasteiger partial charge is 0.269 e. The van der Waals surface area contributed by atoms with Crippen LogP contribution in [-0.4, -0.2) is 52.7 Å². The zero-order valence-corrected chi connectivity index (χ0v) is 22.2. The van der Waals surface area contributed by atoms with Gasteiger partial charge < -0.3 is 16.0 Å². The standard InChI is InChI=1S/C31H37N5O2/c1-22-20-27(28(32)37)34-36(22)26-8-4-24(5-9-26)21-23-2-6-25(7-3-23)30-10-13-31(14-11-30,15-12-30)29(38)35-18-16-33-17-19-35/h2-9,20,33H,10-19,21H2,1H3,(H2,32,37). The number of nitrogens with two attached hydrogens (primary N) is 1. The van der Waals surface area contributed by atoms with Gasteiger partial charge in [0.05, 0.1) is 5.69 Å². The number of benzene rings is 2. The maximum atomic E-state index is 13.4. The molecule has 2 amide bonds. The van der Waals surface area contributed by atoms with Crippen molar-refractivity contribution in [3.63, 3.8) is 0 Å². The Bertz CT molecular complexity index is 1310. The van der Waals surface area contributed by atoms with Crippen LogP contribution in [0.15, 0.2) is 54.6 Å². The number of hydrogen-bond acceptors (Lipinski definition) is 4. The van der Waals surface area contributed by atoms with Crippen LogP contribution in [0.3, 0.4) is 0 Å². The highest BCUT2D eigenvalue weighted by Crippen LogP contribution is 2.58. The summed E-state index contributed by atoms with van der Waals surface area (Å²) in [5.74, 6) is -0.0966. The lowest BCUT2D eigenvalue weighted by molar-refractivity contribution is -0.150. The Morgan fingerprint density at radius 2 is 1.47 bits per heavy atom. The second-order valence-electron chi connectivity index (χ2n) is 11.6. The highest BCUT2D eigenvalue weighted by Gasteiger charge is 2.53. The summed E-state index contributed by atoms with van der Waals surface area (Å²) < 4.78 is 1.75. The molecule has 7 heteroatoms. The van der Waals surface area contributed by atoms with Gasteiger partial charge >= 0.3 is 0 Å². The minimum absolute atomic E-state index is 0.110. The number of nitrogens with one attached hydrogen (secondary N) is 1. The number of carbonyl (C=O) groups excluding carboxylic acids is 2. The number of primary amides is 1. The van der Waals surface area contributed by atoms with Gasteiger partial charge in [-0.15, -0.1) is 0 Å². The first-order valence-electron chi connectivity index (χ1n) is 13.9. The topological polar surface area (TPSA) is 93.2 Å². The molecular weight excluding hydrogens is 474 g/mol. The van der Waals surface area contributed by atoms with Crippen LogP contribution in [0.2, 0.25) is 0 Å². The molecule has 7 nitrogen and oxygen atoms in total. The number of carbonyl (C=O) groups is 2. The largest absolute Gasteiger partial charge is 0.364 e. The van der Waals surface area contributed by atoms with E-state index in [4.69, 9.17) is 5.73 Å². The molecule has 4 aliphatic rings. The fourth-order valence-corrected chi connectivity index (χ4v) is 6.97. The molecule has 1 saturated heterocycles. The molecule has 198 valence electrons. The minimum atomic E-state index is -0.518. The molecule has 4 fully saturated rings. The number of rotatable bonds is 6. The molecule has 3 N–H and O–H groups in total. The van der Waals surface area contributed by atoms with Crippen LogP contribution in [0, 0.1) is 12.3 Å². The van der Waals surface area contributed by atoms with E-state index in [1.807, 2.05) is 19.1 Å². The summed E-state index contributed by atoms with van der Waals surface area (Å²) in [4.78, 5) is 27.0. The van der Waals surface area contributed by atoms with Gasteiger partial charge in [-0.25, -0.2) is 4.68 Å². The molecule has 2 heterocycles. The summed E-state index contributed by atoms with van der Waals surface area (Å²) in [5, 5.41) is 7.69. The highest BCUT2D eigenvalue weighted by molar-refractivity contribution is 5.90. The van der Waals surface area contributed by atoms with Crippen molar-refractivity contribution in [1.29, 1.82) is 0 Å². The maximum absolute atomic E-state index is 13.4. The van der Waals surface area contributed by atoms with E-state index in [1.54, 1.807) is 10.7 Å². The quantitative estimate of drug-likeness (QED) is 0.525. The van der Waals surface area contributed by atoms with Crippen LogP contribution in [0.25, 0.3) is 5.69 Å². The molecule has 1 aliphatic heterocycles. The lowest BCUT2D eigenvalue weighted by Gasteiger charge is -2.54. The summed E-state index contributed by atoms with van der Waals surface area (Å²) in [6, 6.07) is 19.2. The van der Waals surface area contributed by atoms with Crippen molar-refractivity contribution in [2.24, 2.45) is 11.1 Å². The molecule has 38 heavy (non-hydrogen) atoms. The number of aromatic nitrogens is 2. The van der Waals surface area contributed by atoms with Crippen LogP contribution in [-0.2, 0) is 16.6 Å². The normalized spacial score (nSPS) is 24.9. The summed E-state index contributed by atoms with van der Waals surface area (Å²) in [6.45, 7) is 5.47. The van der Waals surface area contributed by atoms with Gasteiger partial charge in [-0.05, 0) is 92.2 Å². The molecule has 3 aliphatic carbocycles. The van der Waals surface area contributed by atoms with Crippen molar-refractivity contribution in [3.8, 4) is 5.69 Å². The van der Waals surface area contributed by atoms with Crippen molar-refractivity contribution in [2.45, 2.75) is 57.3 Å². The average Bonchev–Trinajstić information content (AvgIpc) is 3.37. The average molecular weight is 512 g/mol. The van der Waals surface area contributed by atoms with Crippen LogP contribution in [0.5, 0.6) is 0 Å². The predicted octanol–water partition coefficient (Wildman–Crippen LogP) is 3.89. The van der Waals surface area contributed by atoms with E-state index in [9.17, 15) is 9.59 Å². The van der Waals surface area contributed by atoms with E-state index in [0.717, 1.165) is 82.5 Å². The Balaban J connectivity index is 1.10. The first-order chi connectivity index (χ1) is 18.4. The highest BCUT2D eigenvalue weighted by atomic mass is 16.2. The predicted molar refractivity (Wildman–Crippen MR) is 147 cm³/mol. The van der Waals surface area contributed by atoms with Crippen molar-refractivity contribution in [2.75, 3.05) is 26.2 Å². The number of hydrogen-bond donors (Lipinski definition) is 2. The van der Waals surface area contributed by atoms with Crippen LogP contribution >= 0.6 is 0 Å². The van der Waals surface area contributed by atoms with Gasteiger partial charge in [-0.3, -0.25) is 9.59 Å². The third-order valence-corrected chi connectivity index (χ3v) is 9.40. The van der Waals surface area contributed by atoms with E-state index in [2.05, 4.69) is 51.7 Å². The van der Waals surface area contributed by atoms with E-state index in [1.165, 1.54) is 16.7 Å². The molecular formula is C31H37N5O2. The fraction of sp³-hybridized carbons (Fsp3) is 0.452. The summed E-state index contributed by atoms with van der Waals surface area (Å²) in [7, 11) is 0. The number of aryl methyl sites for hydroxylation is 1. The summed E-state index contributed by atoms with van der Waals surface area (Å²) >= 11 is 0. The molecule has 3 aromatic rings. The number of fused-ring (bicyclic) bond motifs is 3. The van der Waals surface area contributed by atoms with Gasteiger partial charge in [0.2, 0.25) is 5.91 Å². The second kappa shape index (κ2) is 9.70. The van der Waals surface area contributed by atoms with Crippen molar-refractivity contribution >= 4 is 11.8 Å². The maximum Gasteiger partial charge on any atom is 0.269 e. The Morgan fingerprint density at radius 1 is 0.895 bits per heavy atom. The van der Waals surface area contributed by atoms with Gasteiger partial charge in [0.25, 0.3) is 5.91 Å². The molecule has 1 aromatic heterocycles. The third-order valence-electron chi connectivity index (χ3n) is 9.40. The molecule has 2 aromatic carbocycles. The number of piperazine rings is 1. The van der Waals surface area contributed by atoms with E-state index in [-0.39, 0.29) is 16.5 Å². The number of nitrogens with zero attached hydrogens (tertiary/aromatic N) is 3. The van der Waals surface area contributed by atoms with E-state index in [0.29, 0.717) is 5.91 Å². The minimum Gasteiger partial charge on any atom is -0.364 e. The van der Waals surface area contributed by atoms with Gasteiger partial charge in [-0.1, -0.05) is 36.4 Å². The number of amides is 2. The van der Waals surface area contributed by atoms with Gasteiger partial charge in [0, 0.05) is 37.3 Å². The van der Waals surface area contributed by atoms with Crippen LogP contribution < -0.4 is 11.1 Å². The Hall–Kier alpha value is -3.45. The summed E-state index contributed by atoms with van der Waals surface area (Å²) in [6.07, 6.45) is 7.31. The van der Waals surface area contributed by atoms with Gasteiger partial charge in [0.15, 0.2) is 5.69 Å². The van der Waals surface area contributed by atoms with Crippen molar-refractivity contribution in [3.05, 3.63) is 82.7 Å². The van der Waals surface area contributed by atoms with E-state index >= 15 is 0 Å². The third kappa shape index (κ3) is 4.43. The SMILES string of the molecule is Cc1cc(C(N)=O)nn1-c1ccc(Cc2ccc(C34CCC(C(=O)N5CCNCC5)(CC3)CC4)cc2)cc1. The van der Waals surface area contributed by atoms with Gasteiger partial charge in [0.1, 0.15) is 0 Å². The molecule has 0 atom stereocenters. The first-order valence-corrected chi connectivity index (χ1v) is 13.9. The van der Waals surface area contributed by atoms with E-state index < -0.39 is 5.91 Å². The first kappa shape index (κ1) is 24.9. The Morgan fingerprint density at radius 3 is 2.03 bits per heavy atom. The van der Waals surface area contributed by atoms with Gasteiger partial charge in [-0.2, -0.15) is 5.10 Å². The molecule has 7 rings (SSSR count). The van der Waals surface area contributed by atoms with Crippen LogP contribution in [0.4, 0.5) is 0 Å². The Labute approximate surface area is 224 Å². The second-order valence-corrected chi connectivity index (χ2v) is 11.6. The zero-order valence-electron chi connectivity index (χ0n) is 22.2. The molecule has 0 unspecified atom stereocenters. The molecule has 0 spiro atoms. The molecule has 3 saturated carbocycles. The van der Waals surface area contributed by atoms with Crippen molar-refractivity contribution in [1.82, 2.24) is 20.0 Å². The lowest BCUT2D eigenvalue weighted by atomic mass is 9.51. The fourth-order valence-electron chi connectivity index (χ4n) is 6.97. The van der Waals surface area contributed by atoms with Crippen LogP contribution in [0.1, 0.15) is 71.4 Å². The monoisotopic (exact) mass is 511 g/mol. The Kier molecular flexibility index (Phi) is 6.34. The lowest BCUT2D eigenvalue weighted by Crippen LogP contribution is -2.56. The van der Waals surface area contributed by atoms with Crippen molar-refractivity contribution < 1.29 is 9.59 Å². The summed E-state index contributed by atoms with van der Waals surface area (Å²) in [5.41, 5.74) is 11.5. The molecule has 2 bridgehead atoms.